The van der Waals surface area contributed by atoms with Gasteiger partial charge in [0.1, 0.15) is 9.84 Å². The molecule has 0 amide bonds. The fourth-order valence-corrected chi connectivity index (χ4v) is 2.87. The molecular formula is C11H11F3N2O2S2. The highest BCUT2D eigenvalue weighted by Gasteiger charge is 2.30. The smallest absolute Gasteiger partial charge is 0.360 e. The molecule has 0 saturated carbocycles. The van der Waals surface area contributed by atoms with Crippen LogP contribution in [0.15, 0.2) is 18.2 Å². The fourth-order valence-electron chi connectivity index (χ4n) is 1.52. The summed E-state index contributed by atoms with van der Waals surface area (Å²) in [6.45, 7) is 0.171. The number of anilines is 1. The Bertz CT molecular complexity index is 723. The molecule has 4 nitrogen and oxygen atoms in total. The summed E-state index contributed by atoms with van der Waals surface area (Å²) in [5, 5.41) is 3.20. The van der Waals surface area contributed by atoms with Gasteiger partial charge in [0.25, 0.3) is 0 Å². The van der Waals surface area contributed by atoms with E-state index in [1.807, 2.05) is 0 Å². The number of hydrogen-bond donors (Lipinski definition) is 1. The number of alkyl halides is 3. The van der Waals surface area contributed by atoms with Crippen LogP contribution in [0.2, 0.25) is 0 Å². The normalized spacial score (nSPS) is 12.8. The largest absolute Gasteiger partial charge is 0.416 e. The molecule has 0 radical (unpaired) electrons. The van der Waals surface area contributed by atoms with E-state index in [0.717, 1.165) is 18.4 Å². The first-order valence-electron chi connectivity index (χ1n) is 5.54. The van der Waals surface area contributed by atoms with Gasteiger partial charge >= 0.3 is 6.18 Å². The van der Waals surface area contributed by atoms with Gasteiger partial charge in [0.2, 0.25) is 0 Å². The summed E-state index contributed by atoms with van der Waals surface area (Å²) in [7, 11) is -3.08. The van der Waals surface area contributed by atoms with E-state index in [1.165, 1.54) is 17.4 Å². The van der Waals surface area contributed by atoms with E-state index in [2.05, 4.69) is 10.3 Å². The predicted molar refractivity (Wildman–Crippen MR) is 72.8 cm³/mol. The van der Waals surface area contributed by atoms with Crippen LogP contribution in [0.1, 0.15) is 5.56 Å². The lowest BCUT2D eigenvalue weighted by molar-refractivity contribution is -0.137. The van der Waals surface area contributed by atoms with Gasteiger partial charge in [-0.15, -0.1) is 0 Å². The molecule has 110 valence electrons. The van der Waals surface area contributed by atoms with Crippen molar-refractivity contribution in [2.45, 2.75) is 6.18 Å². The number of thiazole rings is 1. The minimum Gasteiger partial charge on any atom is -0.360 e. The second-order valence-corrected chi connectivity index (χ2v) is 7.55. The number of halogens is 3. The van der Waals surface area contributed by atoms with E-state index in [0.29, 0.717) is 9.83 Å². The summed E-state index contributed by atoms with van der Waals surface area (Å²) >= 11 is 1.18. The van der Waals surface area contributed by atoms with Crippen LogP contribution in [0.5, 0.6) is 0 Å². The fraction of sp³-hybridized carbons (Fsp3) is 0.364. The minimum atomic E-state index is -4.40. The number of hydrogen-bond acceptors (Lipinski definition) is 5. The van der Waals surface area contributed by atoms with Gasteiger partial charge < -0.3 is 5.32 Å². The van der Waals surface area contributed by atoms with Gasteiger partial charge in [-0.2, -0.15) is 13.2 Å². The van der Waals surface area contributed by atoms with Crippen LogP contribution < -0.4 is 5.32 Å². The van der Waals surface area contributed by atoms with Crippen LogP contribution in [0.25, 0.3) is 10.2 Å². The Hall–Kier alpha value is -1.35. The van der Waals surface area contributed by atoms with Crippen molar-refractivity contribution in [2.24, 2.45) is 0 Å². The van der Waals surface area contributed by atoms with E-state index in [4.69, 9.17) is 0 Å². The molecular weight excluding hydrogens is 313 g/mol. The molecule has 2 rings (SSSR count). The van der Waals surface area contributed by atoms with Gasteiger partial charge in [-0.25, -0.2) is 13.4 Å². The maximum Gasteiger partial charge on any atom is 0.416 e. The SMILES string of the molecule is CS(=O)(=O)CCNc1nc2cc(C(F)(F)F)ccc2s1. The molecule has 20 heavy (non-hydrogen) atoms. The summed E-state index contributed by atoms with van der Waals surface area (Å²) in [5.74, 6) is -0.0588. The molecule has 1 N–H and O–H groups in total. The van der Waals surface area contributed by atoms with Gasteiger partial charge in [0, 0.05) is 12.8 Å². The van der Waals surface area contributed by atoms with E-state index < -0.39 is 21.6 Å². The average Bonchev–Trinajstić information content (AvgIpc) is 2.67. The molecule has 0 fully saturated rings. The minimum absolute atomic E-state index is 0.0588. The lowest BCUT2D eigenvalue weighted by Crippen LogP contribution is -2.13. The molecule has 1 aromatic heterocycles. The molecule has 1 aromatic carbocycles. The Labute approximate surface area is 117 Å². The molecule has 0 bridgehead atoms. The predicted octanol–water partition coefficient (Wildman–Crippen LogP) is 2.77. The Morgan fingerprint density at radius 2 is 2.05 bits per heavy atom. The van der Waals surface area contributed by atoms with Crippen LogP contribution in [-0.2, 0) is 16.0 Å². The number of nitrogens with zero attached hydrogens (tertiary/aromatic N) is 1. The van der Waals surface area contributed by atoms with Crippen molar-refractivity contribution in [3.8, 4) is 0 Å². The van der Waals surface area contributed by atoms with Gasteiger partial charge in [-0.3, -0.25) is 0 Å². The molecule has 1 heterocycles. The molecule has 0 unspecified atom stereocenters. The first-order chi connectivity index (χ1) is 9.15. The number of benzene rings is 1. The maximum absolute atomic E-state index is 12.5. The summed E-state index contributed by atoms with van der Waals surface area (Å²) in [4.78, 5) is 4.02. The highest BCUT2D eigenvalue weighted by Crippen LogP contribution is 2.33. The van der Waals surface area contributed by atoms with E-state index >= 15 is 0 Å². The third-order valence-corrected chi connectivity index (χ3v) is 4.40. The van der Waals surface area contributed by atoms with Crippen molar-refractivity contribution in [3.63, 3.8) is 0 Å². The average molecular weight is 324 g/mol. The van der Waals surface area contributed by atoms with Crippen LogP contribution in [-0.4, -0.2) is 32.0 Å². The van der Waals surface area contributed by atoms with Crippen molar-refractivity contribution in [2.75, 3.05) is 23.9 Å². The molecule has 0 aliphatic carbocycles. The zero-order chi connectivity index (χ0) is 15.0. The van der Waals surface area contributed by atoms with E-state index in [-0.39, 0.29) is 17.8 Å². The Morgan fingerprint density at radius 3 is 2.65 bits per heavy atom. The maximum atomic E-state index is 12.5. The Morgan fingerprint density at radius 1 is 1.35 bits per heavy atom. The lowest BCUT2D eigenvalue weighted by Gasteiger charge is -2.04. The van der Waals surface area contributed by atoms with Crippen molar-refractivity contribution >= 4 is 36.5 Å². The number of fused-ring (bicyclic) bond motifs is 1. The standard InChI is InChI=1S/C11H11F3N2O2S2/c1-20(17,18)5-4-15-10-16-8-6-7(11(12,13)14)2-3-9(8)19-10/h2-3,6H,4-5H2,1H3,(H,15,16). The number of aromatic nitrogens is 1. The molecule has 0 aliphatic rings. The number of rotatable bonds is 4. The third kappa shape index (κ3) is 3.83. The second-order valence-electron chi connectivity index (χ2n) is 4.26. The molecule has 0 aliphatic heterocycles. The zero-order valence-corrected chi connectivity index (χ0v) is 12.0. The molecule has 2 aromatic rings. The topological polar surface area (TPSA) is 59.1 Å². The van der Waals surface area contributed by atoms with Crippen LogP contribution in [0.3, 0.4) is 0 Å². The van der Waals surface area contributed by atoms with E-state index in [9.17, 15) is 21.6 Å². The molecule has 0 atom stereocenters. The summed E-state index contributed by atoms with van der Waals surface area (Å²) in [6, 6.07) is 3.34. The van der Waals surface area contributed by atoms with Gasteiger partial charge in [0.15, 0.2) is 5.13 Å². The Kier molecular flexibility index (Phi) is 3.92. The first-order valence-corrected chi connectivity index (χ1v) is 8.42. The quantitative estimate of drug-likeness (QED) is 0.939. The van der Waals surface area contributed by atoms with Crippen molar-refractivity contribution in [3.05, 3.63) is 23.8 Å². The van der Waals surface area contributed by atoms with Crippen LogP contribution in [0.4, 0.5) is 18.3 Å². The van der Waals surface area contributed by atoms with Crippen LogP contribution >= 0.6 is 11.3 Å². The van der Waals surface area contributed by atoms with Crippen LogP contribution in [0, 0.1) is 0 Å². The second kappa shape index (κ2) is 5.21. The van der Waals surface area contributed by atoms with Gasteiger partial charge in [0.05, 0.1) is 21.5 Å². The summed E-state index contributed by atoms with van der Waals surface area (Å²) in [6.07, 6.45) is -3.29. The number of sulfone groups is 1. The highest BCUT2D eigenvalue weighted by molar-refractivity contribution is 7.90. The van der Waals surface area contributed by atoms with Crippen molar-refractivity contribution in [1.82, 2.24) is 4.98 Å². The van der Waals surface area contributed by atoms with Crippen molar-refractivity contribution < 1.29 is 21.6 Å². The summed E-state index contributed by atoms with van der Waals surface area (Å²) < 4.78 is 60.2. The van der Waals surface area contributed by atoms with Gasteiger partial charge in [-0.05, 0) is 18.2 Å². The molecule has 9 heteroatoms. The molecule has 0 saturated heterocycles. The molecule has 0 spiro atoms. The number of nitrogens with one attached hydrogen (secondary N) is 1. The lowest BCUT2D eigenvalue weighted by atomic mass is 10.2. The first kappa shape index (κ1) is 15.0. The van der Waals surface area contributed by atoms with Gasteiger partial charge in [-0.1, -0.05) is 11.3 Å². The van der Waals surface area contributed by atoms with Crippen molar-refractivity contribution in [1.29, 1.82) is 0 Å². The highest BCUT2D eigenvalue weighted by atomic mass is 32.2. The summed E-state index contributed by atoms with van der Waals surface area (Å²) in [5.41, 5.74) is -0.510. The monoisotopic (exact) mass is 324 g/mol. The Balaban J connectivity index is 2.17. The zero-order valence-electron chi connectivity index (χ0n) is 10.4. The third-order valence-electron chi connectivity index (χ3n) is 2.46. The van der Waals surface area contributed by atoms with E-state index in [1.54, 1.807) is 0 Å².